The third-order valence-electron chi connectivity index (χ3n) is 2.76. The van der Waals surface area contributed by atoms with Gasteiger partial charge in [0, 0.05) is 5.69 Å². The Hall–Kier alpha value is -2.57. The minimum atomic E-state index is -0.818. The largest absolute Gasteiger partial charge is 0.491 e. The average Bonchev–Trinajstić information content (AvgIpc) is 2.69. The van der Waals surface area contributed by atoms with E-state index in [-0.39, 0.29) is 18.4 Å². The first-order valence-corrected chi connectivity index (χ1v) is 6.62. The predicted octanol–water partition coefficient (Wildman–Crippen LogP) is 1.01. The normalized spacial score (nSPS) is 17.4. The van der Waals surface area contributed by atoms with Gasteiger partial charge >= 0.3 is 6.03 Å². The van der Waals surface area contributed by atoms with Gasteiger partial charge in [0.05, 0.1) is 12.5 Å². The Bertz CT molecular complexity index is 554. The lowest BCUT2D eigenvalue weighted by molar-refractivity contribution is -0.124. The first-order chi connectivity index (χ1) is 9.94. The van der Waals surface area contributed by atoms with Crippen LogP contribution in [0.15, 0.2) is 24.3 Å². The number of hydrogen-bond donors (Lipinski definition) is 3. The van der Waals surface area contributed by atoms with Gasteiger partial charge in [-0.15, -0.1) is 0 Å². The number of nitrogens with one attached hydrogen (secondary N) is 3. The number of rotatable bonds is 5. The highest BCUT2D eigenvalue weighted by Crippen LogP contribution is 2.17. The molecule has 7 nitrogen and oxygen atoms in total. The first kappa shape index (κ1) is 14.8. The molecule has 3 N–H and O–H groups in total. The van der Waals surface area contributed by atoms with E-state index in [1.165, 1.54) is 0 Å². The molecule has 2 rings (SSSR count). The van der Waals surface area contributed by atoms with E-state index in [4.69, 9.17) is 4.74 Å². The van der Waals surface area contributed by atoms with Crippen LogP contribution in [0.1, 0.15) is 20.3 Å². The van der Waals surface area contributed by atoms with Crippen molar-refractivity contribution in [1.82, 2.24) is 10.6 Å². The Kier molecular flexibility index (Phi) is 4.42. The summed E-state index contributed by atoms with van der Waals surface area (Å²) in [5.41, 5.74) is 0.598. The summed E-state index contributed by atoms with van der Waals surface area (Å²) in [5.74, 6) is -0.129. The second-order valence-corrected chi connectivity index (χ2v) is 4.96. The van der Waals surface area contributed by atoms with Gasteiger partial charge in [-0.25, -0.2) is 4.79 Å². The number of carbonyl (C=O) groups excluding carboxylic acids is 3. The van der Waals surface area contributed by atoms with Crippen LogP contribution in [0.5, 0.6) is 5.75 Å². The molecule has 0 radical (unpaired) electrons. The van der Waals surface area contributed by atoms with Gasteiger partial charge in [-0.05, 0) is 38.1 Å². The summed E-state index contributed by atoms with van der Waals surface area (Å²) in [6, 6.07) is 5.53. The summed E-state index contributed by atoms with van der Waals surface area (Å²) in [6.45, 7) is 3.85. The van der Waals surface area contributed by atoms with E-state index in [2.05, 4.69) is 16.0 Å². The van der Waals surface area contributed by atoms with Gasteiger partial charge in [0.25, 0.3) is 5.91 Å². The smallest absolute Gasteiger partial charge is 0.322 e. The molecule has 1 aromatic rings. The fourth-order valence-electron chi connectivity index (χ4n) is 1.89. The predicted molar refractivity (Wildman–Crippen MR) is 75.9 cm³/mol. The molecule has 0 spiro atoms. The second-order valence-electron chi connectivity index (χ2n) is 4.96. The van der Waals surface area contributed by atoms with Crippen molar-refractivity contribution in [1.29, 1.82) is 0 Å². The standard InChI is InChI=1S/C14H17N3O4/c1-8(2)21-10-5-3-9(4-6-10)15-12(18)7-11-13(19)17-14(20)16-11/h3-6,8,11H,7H2,1-2H3,(H,15,18)(H2,16,17,19,20)/t11-/m0/s1. The fraction of sp³-hybridized carbons (Fsp3) is 0.357. The van der Waals surface area contributed by atoms with E-state index in [0.29, 0.717) is 11.4 Å². The number of anilines is 1. The summed E-state index contributed by atoms with van der Waals surface area (Å²) in [5, 5.41) is 7.11. The number of amides is 4. The summed E-state index contributed by atoms with van der Waals surface area (Å²) < 4.78 is 5.49. The molecule has 0 bridgehead atoms. The third kappa shape index (κ3) is 4.20. The van der Waals surface area contributed by atoms with Crippen LogP contribution in [-0.4, -0.2) is 30.0 Å². The molecule has 4 amide bonds. The van der Waals surface area contributed by atoms with Crippen LogP contribution >= 0.6 is 0 Å². The van der Waals surface area contributed by atoms with E-state index in [9.17, 15) is 14.4 Å². The molecule has 1 aromatic carbocycles. The number of ether oxygens (including phenoxy) is 1. The lowest BCUT2D eigenvalue weighted by Crippen LogP contribution is -2.33. The lowest BCUT2D eigenvalue weighted by Gasteiger charge is -2.11. The van der Waals surface area contributed by atoms with Crippen LogP contribution in [0, 0.1) is 0 Å². The Balaban J connectivity index is 1.88. The zero-order valence-corrected chi connectivity index (χ0v) is 11.8. The summed E-state index contributed by atoms with van der Waals surface area (Å²) in [7, 11) is 0. The van der Waals surface area contributed by atoms with Crippen LogP contribution in [0.25, 0.3) is 0 Å². The molecule has 112 valence electrons. The highest BCUT2D eigenvalue weighted by atomic mass is 16.5. The maximum absolute atomic E-state index is 11.8. The van der Waals surface area contributed by atoms with E-state index in [1.807, 2.05) is 13.8 Å². The minimum absolute atomic E-state index is 0.0786. The molecule has 1 aliphatic heterocycles. The van der Waals surface area contributed by atoms with Crippen molar-refractivity contribution in [2.75, 3.05) is 5.32 Å². The lowest BCUT2D eigenvalue weighted by atomic mass is 10.2. The number of benzene rings is 1. The Morgan fingerprint density at radius 2 is 1.95 bits per heavy atom. The topological polar surface area (TPSA) is 96.5 Å². The maximum atomic E-state index is 11.8. The molecule has 1 atom stereocenters. The van der Waals surface area contributed by atoms with Gasteiger partial charge in [-0.2, -0.15) is 0 Å². The Labute approximate surface area is 122 Å². The maximum Gasteiger partial charge on any atom is 0.322 e. The van der Waals surface area contributed by atoms with E-state index in [0.717, 1.165) is 0 Å². The van der Waals surface area contributed by atoms with Gasteiger partial charge in [-0.3, -0.25) is 14.9 Å². The second kappa shape index (κ2) is 6.25. The van der Waals surface area contributed by atoms with Gasteiger partial charge in [-0.1, -0.05) is 0 Å². The van der Waals surface area contributed by atoms with Crippen LogP contribution in [0.2, 0.25) is 0 Å². The molecule has 7 heteroatoms. The van der Waals surface area contributed by atoms with Crippen LogP contribution in [-0.2, 0) is 9.59 Å². The summed E-state index contributed by atoms with van der Waals surface area (Å²) in [4.78, 5) is 34.1. The summed E-state index contributed by atoms with van der Waals surface area (Å²) in [6.07, 6.45) is -0.0307. The molecule has 1 fully saturated rings. The number of carbonyl (C=O) groups is 3. The Morgan fingerprint density at radius 1 is 1.29 bits per heavy atom. The van der Waals surface area contributed by atoms with Crippen molar-refractivity contribution in [2.45, 2.75) is 32.4 Å². The first-order valence-electron chi connectivity index (χ1n) is 6.62. The minimum Gasteiger partial charge on any atom is -0.491 e. The highest BCUT2D eigenvalue weighted by molar-refractivity contribution is 6.06. The van der Waals surface area contributed by atoms with Crippen molar-refractivity contribution in [3.8, 4) is 5.75 Å². The van der Waals surface area contributed by atoms with Gasteiger partial charge in [0.1, 0.15) is 11.8 Å². The zero-order valence-electron chi connectivity index (χ0n) is 11.8. The van der Waals surface area contributed by atoms with Crippen LogP contribution in [0.4, 0.5) is 10.5 Å². The number of hydrogen-bond acceptors (Lipinski definition) is 4. The molecule has 1 saturated heterocycles. The molecule has 0 unspecified atom stereocenters. The van der Waals surface area contributed by atoms with Crippen LogP contribution < -0.4 is 20.7 Å². The van der Waals surface area contributed by atoms with Crippen molar-refractivity contribution in [2.24, 2.45) is 0 Å². The molecule has 1 heterocycles. The van der Waals surface area contributed by atoms with E-state index >= 15 is 0 Å². The SMILES string of the molecule is CC(C)Oc1ccc(NC(=O)C[C@@H]2NC(=O)NC2=O)cc1. The van der Waals surface area contributed by atoms with Crippen molar-refractivity contribution < 1.29 is 19.1 Å². The molecular formula is C14H17N3O4. The van der Waals surface area contributed by atoms with E-state index < -0.39 is 18.0 Å². The van der Waals surface area contributed by atoms with Gasteiger partial charge in [0.2, 0.25) is 5.91 Å². The summed E-state index contributed by atoms with van der Waals surface area (Å²) >= 11 is 0. The molecule has 0 saturated carbocycles. The van der Waals surface area contributed by atoms with E-state index in [1.54, 1.807) is 24.3 Å². The van der Waals surface area contributed by atoms with Crippen molar-refractivity contribution in [3.63, 3.8) is 0 Å². The quantitative estimate of drug-likeness (QED) is 0.705. The fourth-order valence-corrected chi connectivity index (χ4v) is 1.89. The zero-order chi connectivity index (χ0) is 15.4. The average molecular weight is 291 g/mol. The molecular weight excluding hydrogens is 274 g/mol. The van der Waals surface area contributed by atoms with Crippen LogP contribution in [0.3, 0.4) is 0 Å². The molecule has 1 aliphatic rings. The monoisotopic (exact) mass is 291 g/mol. The number of urea groups is 1. The third-order valence-corrected chi connectivity index (χ3v) is 2.76. The van der Waals surface area contributed by atoms with Gasteiger partial charge in [0.15, 0.2) is 0 Å². The molecule has 0 aliphatic carbocycles. The molecule has 0 aromatic heterocycles. The van der Waals surface area contributed by atoms with Gasteiger partial charge < -0.3 is 15.4 Å². The van der Waals surface area contributed by atoms with Crippen molar-refractivity contribution >= 4 is 23.5 Å². The Morgan fingerprint density at radius 3 is 2.48 bits per heavy atom. The van der Waals surface area contributed by atoms with Crippen molar-refractivity contribution in [3.05, 3.63) is 24.3 Å². The number of imide groups is 1. The molecule has 21 heavy (non-hydrogen) atoms. The highest BCUT2D eigenvalue weighted by Gasteiger charge is 2.31.